The van der Waals surface area contributed by atoms with Crippen molar-refractivity contribution in [2.45, 2.75) is 45.8 Å². The summed E-state index contributed by atoms with van der Waals surface area (Å²) in [7, 11) is -3.82. The summed E-state index contributed by atoms with van der Waals surface area (Å²) in [5.74, 6) is 0.394. The molecule has 2 atom stereocenters. The van der Waals surface area contributed by atoms with Gasteiger partial charge in [-0.15, -0.1) is 0 Å². The van der Waals surface area contributed by atoms with Crippen LogP contribution in [0.2, 0.25) is 0 Å². The minimum atomic E-state index is -3.82. The van der Waals surface area contributed by atoms with Crippen LogP contribution >= 0.6 is 0 Å². The number of sulfonamides is 1. The Hall–Kier alpha value is -3.85. The summed E-state index contributed by atoms with van der Waals surface area (Å²) >= 11 is 0. The molecule has 0 aliphatic carbocycles. The van der Waals surface area contributed by atoms with E-state index >= 15 is 0 Å². The van der Waals surface area contributed by atoms with Crippen molar-refractivity contribution in [2.75, 3.05) is 17.1 Å². The number of anilines is 1. The second kappa shape index (κ2) is 13.1. The molecular formula is C29H35N3O5S. The first-order valence-electron chi connectivity index (χ1n) is 12.5. The van der Waals surface area contributed by atoms with Crippen molar-refractivity contribution in [3.8, 4) is 11.5 Å². The Morgan fingerprint density at radius 1 is 0.868 bits per heavy atom. The SMILES string of the molecule is CC[C@@H](C)NC(=O)[C@@H](C)N(Cc1ccccc1)C(=O)CN(c1ccc(Oc2ccccc2)cc1)S(C)(=O)=O. The van der Waals surface area contributed by atoms with Crippen LogP contribution in [0.4, 0.5) is 5.69 Å². The fourth-order valence-corrected chi connectivity index (χ4v) is 4.60. The summed E-state index contributed by atoms with van der Waals surface area (Å²) in [5.41, 5.74) is 1.15. The van der Waals surface area contributed by atoms with E-state index in [9.17, 15) is 18.0 Å². The third kappa shape index (κ3) is 8.08. The van der Waals surface area contributed by atoms with Crippen LogP contribution in [-0.4, -0.2) is 50.0 Å². The van der Waals surface area contributed by atoms with E-state index in [1.807, 2.05) is 74.5 Å². The molecule has 0 heterocycles. The van der Waals surface area contributed by atoms with Gasteiger partial charge < -0.3 is 15.0 Å². The average molecular weight is 538 g/mol. The molecule has 38 heavy (non-hydrogen) atoms. The Labute approximate surface area is 225 Å². The first kappa shape index (κ1) is 28.7. The normalized spacial score (nSPS) is 12.7. The van der Waals surface area contributed by atoms with Crippen LogP contribution in [-0.2, 0) is 26.2 Å². The predicted octanol–water partition coefficient (Wildman–Crippen LogP) is 4.58. The van der Waals surface area contributed by atoms with Gasteiger partial charge >= 0.3 is 0 Å². The second-order valence-electron chi connectivity index (χ2n) is 9.18. The zero-order chi connectivity index (χ0) is 27.7. The molecule has 8 nitrogen and oxygen atoms in total. The number of nitrogens with zero attached hydrogens (tertiary/aromatic N) is 2. The van der Waals surface area contributed by atoms with Gasteiger partial charge in [0.25, 0.3) is 0 Å². The molecule has 2 amide bonds. The molecular weight excluding hydrogens is 502 g/mol. The van der Waals surface area contributed by atoms with Gasteiger partial charge in [0.05, 0.1) is 11.9 Å². The summed E-state index contributed by atoms with van der Waals surface area (Å²) in [6.07, 6.45) is 1.80. The number of nitrogens with one attached hydrogen (secondary N) is 1. The molecule has 0 unspecified atom stereocenters. The van der Waals surface area contributed by atoms with Crippen LogP contribution < -0.4 is 14.4 Å². The van der Waals surface area contributed by atoms with Crippen molar-refractivity contribution >= 4 is 27.5 Å². The first-order chi connectivity index (χ1) is 18.1. The van der Waals surface area contributed by atoms with Crippen molar-refractivity contribution in [3.05, 3.63) is 90.5 Å². The van der Waals surface area contributed by atoms with Crippen molar-refractivity contribution < 1.29 is 22.7 Å². The maximum atomic E-state index is 13.6. The molecule has 0 bridgehead atoms. The Kier molecular flexibility index (Phi) is 9.90. The topological polar surface area (TPSA) is 96.0 Å². The van der Waals surface area contributed by atoms with Gasteiger partial charge in [-0.3, -0.25) is 13.9 Å². The lowest BCUT2D eigenvalue weighted by Gasteiger charge is -2.32. The lowest BCUT2D eigenvalue weighted by Crippen LogP contribution is -2.52. The Morgan fingerprint density at radius 3 is 1.97 bits per heavy atom. The van der Waals surface area contributed by atoms with E-state index in [1.165, 1.54) is 4.90 Å². The van der Waals surface area contributed by atoms with Gasteiger partial charge in [-0.25, -0.2) is 8.42 Å². The van der Waals surface area contributed by atoms with E-state index in [0.717, 1.165) is 22.5 Å². The highest BCUT2D eigenvalue weighted by molar-refractivity contribution is 7.92. The monoisotopic (exact) mass is 537 g/mol. The number of hydrogen-bond acceptors (Lipinski definition) is 5. The van der Waals surface area contributed by atoms with Gasteiger partial charge in [-0.2, -0.15) is 0 Å². The molecule has 3 aromatic carbocycles. The highest BCUT2D eigenvalue weighted by Gasteiger charge is 2.30. The average Bonchev–Trinajstić information content (AvgIpc) is 2.91. The van der Waals surface area contributed by atoms with Crippen molar-refractivity contribution in [1.82, 2.24) is 10.2 Å². The van der Waals surface area contributed by atoms with Crippen LogP contribution in [0.3, 0.4) is 0 Å². The second-order valence-corrected chi connectivity index (χ2v) is 11.1. The van der Waals surface area contributed by atoms with Crippen LogP contribution in [0.15, 0.2) is 84.9 Å². The smallest absolute Gasteiger partial charge is 0.244 e. The highest BCUT2D eigenvalue weighted by atomic mass is 32.2. The van der Waals surface area contributed by atoms with E-state index < -0.39 is 28.5 Å². The highest BCUT2D eigenvalue weighted by Crippen LogP contribution is 2.26. The predicted molar refractivity (Wildman–Crippen MR) is 149 cm³/mol. The van der Waals surface area contributed by atoms with E-state index in [-0.39, 0.29) is 18.5 Å². The summed E-state index contributed by atoms with van der Waals surface area (Å²) in [5, 5.41) is 2.91. The van der Waals surface area contributed by atoms with Crippen LogP contribution in [0.1, 0.15) is 32.8 Å². The molecule has 0 saturated carbocycles. The molecule has 0 saturated heterocycles. The standard InChI is InChI=1S/C29H35N3O5S/c1-5-22(2)30-29(34)23(3)31(20-24-12-8-6-9-13-24)28(33)21-32(38(4,35)36)25-16-18-27(19-17-25)37-26-14-10-7-11-15-26/h6-19,22-23H,5,20-21H2,1-4H3,(H,30,34)/t22-,23-/m1/s1. The molecule has 1 N–H and O–H groups in total. The lowest BCUT2D eigenvalue weighted by atomic mass is 10.1. The zero-order valence-corrected chi connectivity index (χ0v) is 23.0. The number of rotatable bonds is 12. The number of carbonyl (C=O) groups is 2. The number of benzene rings is 3. The molecule has 3 aromatic rings. The molecule has 3 rings (SSSR count). The first-order valence-corrected chi connectivity index (χ1v) is 14.4. The molecule has 0 aliphatic heterocycles. The third-order valence-corrected chi connectivity index (χ3v) is 7.29. The molecule has 0 radical (unpaired) electrons. The lowest BCUT2D eigenvalue weighted by molar-refractivity contribution is -0.139. The Balaban J connectivity index is 1.84. The Morgan fingerprint density at radius 2 is 1.42 bits per heavy atom. The molecule has 202 valence electrons. The summed E-state index contributed by atoms with van der Waals surface area (Å²) in [4.78, 5) is 28.0. The van der Waals surface area contributed by atoms with Gasteiger partial charge in [0.15, 0.2) is 0 Å². The van der Waals surface area contributed by atoms with Gasteiger partial charge in [-0.05, 0) is 62.2 Å². The van der Waals surface area contributed by atoms with Crippen molar-refractivity contribution in [3.63, 3.8) is 0 Å². The van der Waals surface area contributed by atoms with Gasteiger partial charge in [-0.1, -0.05) is 55.5 Å². The number of amides is 2. The minimum absolute atomic E-state index is 0.0530. The molecule has 0 aliphatic rings. The molecule has 9 heteroatoms. The molecule has 0 aromatic heterocycles. The maximum absolute atomic E-state index is 13.6. The molecule has 0 spiro atoms. The van der Waals surface area contributed by atoms with Gasteiger partial charge in [0.2, 0.25) is 21.8 Å². The quantitative estimate of drug-likeness (QED) is 0.365. The third-order valence-electron chi connectivity index (χ3n) is 6.15. The van der Waals surface area contributed by atoms with E-state index in [4.69, 9.17) is 4.74 Å². The van der Waals surface area contributed by atoms with Crippen molar-refractivity contribution in [1.29, 1.82) is 0 Å². The summed E-state index contributed by atoms with van der Waals surface area (Å²) in [6, 6.07) is 24.1. The Bertz CT molecular complexity index is 1300. The van der Waals surface area contributed by atoms with E-state index in [2.05, 4.69) is 5.32 Å². The fraction of sp³-hybridized carbons (Fsp3) is 0.310. The fourth-order valence-electron chi connectivity index (χ4n) is 3.75. The van der Waals surface area contributed by atoms with Crippen LogP contribution in [0, 0.1) is 0 Å². The number of ether oxygens (including phenoxy) is 1. The number of para-hydroxylation sites is 1. The van der Waals surface area contributed by atoms with Crippen LogP contribution in [0.25, 0.3) is 0 Å². The largest absolute Gasteiger partial charge is 0.457 e. The maximum Gasteiger partial charge on any atom is 0.244 e. The summed E-state index contributed by atoms with van der Waals surface area (Å²) < 4.78 is 32.3. The zero-order valence-electron chi connectivity index (χ0n) is 22.2. The number of carbonyl (C=O) groups excluding carboxylic acids is 2. The van der Waals surface area contributed by atoms with Gasteiger partial charge in [0.1, 0.15) is 24.1 Å². The minimum Gasteiger partial charge on any atom is -0.457 e. The molecule has 0 fully saturated rings. The van der Waals surface area contributed by atoms with E-state index in [0.29, 0.717) is 17.2 Å². The number of hydrogen-bond donors (Lipinski definition) is 1. The van der Waals surface area contributed by atoms with Crippen molar-refractivity contribution in [2.24, 2.45) is 0 Å². The van der Waals surface area contributed by atoms with Crippen LogP contribution in [0.5, 0.6) is 11.5 Å². The van der Waals surface area contributed by atoms with Gasteiger partial charge in [0, 0.05) is 12.6 Å². The van der Waals surface area contributed by atoms with E-state index in [1.54, 1.807) is 31.2 Å². The summed E-state index contributed by atoms with van der Waals surface area (Å²) in [6.45, 7) is 5.22.